The smallest absolute Gasteiger partial charge is 0.0195 e. The van der Waals surface area contributed by atoms with E-state index in [1.165, 1.54) is 38.9 Å². The van der Waals surface area contributed by atoms with Gasteiger partial charge in [0.25, 0.3) is 0 Å². The zero-order valence-electron chi connectivity index (χ0n) is 10.3. The lowest BCUT2D eigenvalue weighted by Crippen LogP contribution is -2.41. The minimum absolute atomic E-state index is 0.654. The molecule has 0 aromatic rings. The molecule has 2 atom stereocenters. The zero-order valence-corrected chi connectivity index (χ0v) is 10.3. The molecular weight excluding hydrogens is 184 g/mol. The average molecular weight is 210 g/mol. The fourth-order valence-electron chi connectivity index (χ4n) is 2.36. The molecule has 1 fully saturated rings. The summed E-state index contributed by atoms with van der Waals surface area (Å²) in [6, 6.07) is 1.35. The molecule has 2 nitrogen and oxygen atoms in total. The summed E-state index contributed by atoms with van der Waals surface area (Å²) in [5.41, 5.74) is 0. The van der Waals surface area contributed by atoms with E-state index in [1.807, 2.05) is 6.08 Å². The largest absolute Gasteiger partial charge is 0.313 e. The molecule has 0 radical (unpaired) electrons. The van der Waals surface area contributed by atoms with E-state index in [1.54, 1.807) is 0 Å². The minimum Gasteiger partial charge on any atom is -0.313 e. The molecule has 1 N–H and O–H groups in total. The SMILES string of the molecule is C=CCC(C)N1CCCNC(CCC)C1. The lowest BCUT2D eigenvalue weighted by Gasteiger charge is -2.29. The third-order valence-corrected chi connectivity index (χ3v) is 3.28. The quantitative estimate of drug-likeness (QED) is 0.701. The standard InChI is InChI=1S/C13H26N2/c1-4-7-12(3)15-10-6-9-14-13(11-15)8-5-2/h4,12-14H,1,5-11H2,2-3H3. The van der Waals surface area contributed by atoms with Crippen molar-refractivity contribution in [2.24, 2.45) is 0 Å². The molecular formula is C13H26N2. The van der Waals surface area contributed by atoms with Gasteiger partial charge < -0.3 is 5.32 Å². The maximum atomic E-state index is 3.83. The van der Waals surface area contributed by atoms with E-state index in [9.17, 15) is 0 Å². The van der Waals surface area contributed by atoms with Crippen molar-refractivity contribution in [3.63, 3.8) is 0 Å². The van der Waals surface area contributed by atoms with Crippen molar-refractivity contribution in [2.75, 3.05) is 19.6 Å². The van der Waals surface area contributed by atoms with Crippen molar-refractivity contribution in [2.45, 2.75) is 51.6 Å². The summed E-state index contributed by atoms with van der Waals surface area (Å²) in [7, 11) is 0. The number of hydrogen-bond acceptors (Lipinski definition) is 2. The highest BCUT2D eigenvalue weighted by atomic mass is 15.2. The minimum atomic E-state index is 0.654. The molecule has 2 unspecified atom stereocenters. The Bertz CT molecular complexity index is 179. The van der Waals surface area contributed by atoms with E-state index in [0.29, 0.717) is 12.1 Å². The maximum Gasteiger partial charge on any atom is 0.0195 e. The number of nitrogens with one attached hydrogen (secondary N) is 1. The van der Waals surface area contributed by atoms with Crippen LogP contribution in [-0.2, 0) is 0 Å². The van der Waals surface area contributed by atoms with Gasteiger partial charge in [0.05, 0.1) is 0 Å². The van der Waals surface area contributed by atoms with Gasteiger partial charge in [0.2, 0.25) is 0 Å². The first-order chi connectivity index (χ1) is 7.27. The van der Waals surface area contributed by atoms with Gasteiger partial charge in [0.15, 0.2) is 0 Å². The molecule has 0 aromatic carbocycles. The molecule has 1 aliphatic rings. The van der Waals surface area contributed by atoms with Crippen LogP contribution in [0.3, 0.4) is 0 Å². The van der Waals surface area contributed by atoms with Crippen molar-refractivity contribution in [3.8, 4) is 0 Å². The molecule has 1 rings (SSSR count). The molecule has 15 heavy (non-hydrogen) atoms. The summed E-state index contributed by atoms with van der Waals surface area (Å²) in [6.45, 7) is 12.0. The molecule has 1 heterocycles. The predicted molar refractivity (Wildman–Crippen MR) is 67.2 cm³/mol. The zero-order chi connectivity index (χ0) is 11.1. The van der Waals surface area contributed by atoms with Gasteiger partial charge in [0.1, 0.15) is 0 Å². The first kappa shape index (κ1) is 12.7. The summed E-state index contributed by atoms with van der Waals surface area (Å²) < 4.78 is 0. The van der Waals surface area contributed by atoms with Crippen molar-refractivity contribution < 1.29 is 0 Å². The summed E-state index contributed by atoms with van der Waals surface area (Å²) in [4.78, 5) is 2.61. The van der Waals surface area contributed by atoms with Crippen LogP contribution in [0.25, 0.3) is 0 Å². The average Bonchev–Trinajstić information content (AvgIpc) is 2.44. The molecule has 1 saturated heterocycles. The van der Waals surface area contributed by atoms with Gasteiger partial charge in [-0.1, -0.05) is 19.4 Å². The van der Waals surface area contributed by atoms with Gasteiger partial charge in [-0.25, -0.2) is 0 Å². The van der Waals surface area contributed by atoms with Crippen LogP contribution in [0.1, 0.15) is 39.5 Å². The number of nitrogens with zero attached hydrogens (tertiary/aromatic N) is 1. The molecule has 0 aliphatic carbocycles. The highest BCUT2D eigenvalue weighted by Gasteiger charge is 2.19. The molecule has 88 valence electrons. The van der Waals surface area contributed by atoms with Gasteiger partial charge in [-0.3, -0.25) is 4.90 Å². The third kappa shape index (κ3) is 4.35. The van der Waals surface area contributed by atoms with Crippen LogP contribution < -0.4 is 5.32 Å². The Morgan fingerprint density at radius 2 is 2.40 bits per heavy atom. The number of hydrogen-bond donors (Lipinski definition) is 1. The van der Waals surface area contributed by atoms with E-state index in [0.717, 1.165) is 6.42 Å². The Labute approximate surface area is 94.7 Å². The normalized spacial score (nSPS) is 25.9. The van der Waals surface area contributed by atoms with Crippen LogP contribution in [0.15, 0.2) is 12.7 Å². The van der Waals surface area contributed by atoms with Crippen LogP contribution in [0, 0.1) is 0 Å². The van der Waals surface area contributed by atoms with Crippen LogP contribution in [-0.4, -0.2) is 36.6 Å². The van der Waals surface area contributed by atoms with Crippen molar-refractivity contribution in [1.29, 1.82) is 0 Å². The molecule has 0 amide bonds. The lowest BCUT2D eigenvalue weighted by atomic mass is 10.1. The van der Waals surface area contributed by atoms with Gasteiger partial charge >= 0.3 is 0 Å². The van der Waals surface area contributed by atoms with Crippen LogP contribution >= 0.6 is 0 Å². The van der Waals surface area contributed by atoms with Crippen LogP contribution in [0.4, 0.5) is 0 Å². The molecule has 1 aliphatic heterocycles. The summed E-state index contributed by atoms with van der Waals surface area (Å²) >= 11 is 0. The fourth-order valence-corrected chi connectivity index (χ4v) is 2.36. The monoisotopic (exact) mass is 210 g/mol. The van der Waals surface area contributed by atoms with Crippen molar-refractivity contribution >= 4 is 0 Å². The summed E-state index contributed by atoms with van der Waals surface area (Å²) in [6.07, 6.45) is 7.01. The van der Waals surface area contributed by atoms with Crippen LogP contribution in [0.5, 0.6) is 0 Å². The highest BCUT2D eigenvalue weighted by molar-refractivity contribution is 4.82. The molecule has 0 saturated carbocycles. The van der Waals surface area contributed by atoms with E-state index in [4.69, 9.17) is 0 Å². The highest BCUT2D eigenvalue weighted by Crippen LogP contribution is 2.11. The van der Waals surface area contributed by atoms with Gasteiger partial charge in [-0.05, 0) is 39.3 Å². The first-order valence-electron chi connectivity index (χ1n) is 6.36. The van der Waals surface area contributed by atoms with E-state index in [2.05, 4.69) is 30.6 Å². The maximum absolute atomic E-state index is 3.83. The second-order valence-corrected chi connectivity index (χ2v) is 4.66. The van der Waals surface area contributed by atoms with E-state index >= 15 is 0 Å². The Morgan fingerprint density at radius 3 is 3.07 bits per heavy atom. The van der Waals surface area contributed by atoms with Gasteiger partial charge in [-0.15, -0.1) is 6.58 Å². The first-order valence-corrected chi connectivity index (χ1v) is 6.36. The molecule has 0 aromatic heterocycles. The lowest BCUT2D eigenvalue weighted by molar-refractivity contribution is 0.203. The van der Waals surface area contributed by atoms with E-state index in [-0.39, 0.29) is 0 Å². The van der Waals surface area contributed by atoms with Crippen molar-refractivity contribution in [1.82, 2.24) is 10.2 Å². The predicted octanol–water partition coefficient (Wildman–Crippen LogP) is 2.42. The number of rotatable bonds is 5. The van der Waals surface area contributed by atoms with Gasteiger partial charge in [0, 0.05) is 18.6 Å². The Morgan fingerprint density at radius 1 is 1.60 bits per heavy atom. The van der Waals surface area contributed by atoms with Crippen molar-refractivity contribution in [3.05, 3.63) is 12.7 Å². The second kappa shape index (κ2) is 7.02. The topological polar surface area (TPSA) is 15.3 Å². The Hall–Kier alpha value is -0.340. The fraction of sp³-hybridized carbons (Fsp3) is 0.846. The van der Waals surface area contributed by atoms with Gasteiger partial charge in [-0.2, -0.15) is 0 Å². The van der Waals surface area contributed by atoms with E-state index < -0.39 is 0 Å². The molecule has 2 heteroatoms. The third-order valence-electron chi connectivity index (χ3n) is 3.28. The Balaban J connectivity index is 2.44. The molecule has 0 spiro atoms. The van der Waals surface area contributed by atoms with Crippen LogP contribution in [0.2, 0.25) is 0 Å². The second-order valence-electron chi connectivity index (χ2n) is 4.66. The summed E-state index contributed by atoms with van der Waals surface area (Å²) in [5.74, 6) is 0. The summed E-state index contributed by atoms with van der Waals surface area (Å²) in [5, 5.41) is 3.64. The Kier molecular flexibility index (Phi) is 5.96. The molecule has 0 bridgehead atoms.